The highest BCUT2D eigenvalue weighted by Crippen LogP contribution is 2.28. The largest absolute Gasteiger partial charge is 0.497 e. The van der Waals surface area contributed by atoms with E-state index in [4.69, 9.17) is 4.74 Å². The lowest BCUT2D eigenvalue weighted by Gasteiger charge is -2.10. The minimum absolute atomic E-state index is 0.0424. The monoisotopic (exact) mass is 330 g/mol. The lowest BCUT2D eigenvalue weighted by Crippen LogP contribution is -2.23. The standard InChI is InChI=1S/C16H18N4O2S/c1-10-7-14-17-18-16(23-9-15(21)19(2)3)20(14)13-8-11(22-4)5-6-12(10)13/h5-8H,9H2,1-4H3. The molecule has 0 aliphatic carbocycles. The Hall–Kier alpha value is -2.28. The molecule has 1 amide bonds. The Bertz CT molecular complexity index is 889. The molecule has 0 N–H and O–H groups in total. The van der Waals surface area contributed by atoms with E-state index in [1.165, 1.54) is 11.8 Å². The number of aryl methyl sites for hydroxylation is 1. The molecule has 0 aliphatic heterocycles. The van der Waals surface area contributed by atoms with Gasteiger partial charge in [-0.2, -0.15) is 0 Å². The first-order chi connectivity index (χ1) is 11.0. The van der Waals surface area contributed by atoms with Crippen LogP contribution in [0.15, 0.2) is 29.4 Å². The molecule has 0 bridgehead atoms. The summed E-state index contributed by atoms with van der Waals surface area (Å²) in [7, 11) is 5.13. The second kappa shape index (κ2) is 6.08. The Labute approximate surface area is 138 Å². The van der Waals surface area contributed by atoms with Crippen LogP contribution in [0.3, 0.4) is 0 Å². The first-order valence-corrected chi connectivity index (χ1v) is 8.15. The summed E-state index contributed by atoms with van der Waals surface area (Å²) < 4.78 is 7.31. The van der Waals surface area contributed by atoms with Gasteiger partial charge in [-0.25, -0.2) is 0 Å². The smallest absolute Gasteiger partial charge is 0.232 e. The van der Waals surface area contributed by atoms with Gasteiger partial charge in [0, 0.05) is 25.5 Å². The lowest BCUT2D eigenvalue weighted by molar-refractivity contribution is -0.125. The molecule has 23 heavy (non-hydrogen) atoms. The highest BCUT2D eigenvalue weighted by molar-refractivity contribution is 7.99. The maximum Gasteiger partial charge on any atom is 0.232 e. The highest BCUT2D eigenvalue weighted by atomic mass is 32.2. The van der Waals surface area contributed by atoms with Crippen molar-refractivity contribution in [3.05, 3.63) is 29.8 Å². The number of hydrogen-bond donors (Lipinski definition) is 0. The molecule has 0 radical (unpaired) electrons. The summed E-state index contributed by atoms with van der Waals surface area (Å²) in [5, 5.41) is 10.3. The van der Waals surface area contributed by atoms with E-state index in [1.807, 2.05) is 35.6 Å². The molecule has 0 fully saturated rings. The van der Waals surface area contributed by atoms with Crippen molar-refractivity contribution in [2.24, 2.45) is 0 Å². The maximum atomic E-state index is 11.8. The third kappa shape index (κ3) is 2.84. The Balaban J connectivity index is 2.13. The van der Waals surface area contributed by atoms with Crippen LogP contribution in [0.5, 0.6) is 5.75 Å². The van der Waals surface area contributed by atoms with E-state index in [2.05, 4.69) is 10.2 Å². The number of aromatic nitrogens is 3. The molecule has 0 saturated carbocycles. The number of amides is 1. The van der Waals surface area contributed by atoms with Crippen LogP contribution in [-0.2, 0) is 4.79 Å². The highest BCUT2D eigenvalue weighted by Gasteiger charge is 2.14. The molecule has 2 aromatic heterocycles. The molecule has 0 spiro atoms. The predicted molar refractivity (Wildman–Crippen MR) is 91.2 cm³/mol. The van der Waals surface area contributed by atoms with Crippen molar-refractivity contribution in [3.63, 3.8) is 0 Å². The fourth-order valence-corrected chi connectivity index (χ4v) is 3.31. The minimum Gasteiger partial charge on any atom is -0.497 e. The lowest BCUT2D eigenvalue weighted by atomic mass is 10.1. The summed E-state index contributed by atoms with van der Waals surface area (Å²) in [6.45, 7) is 2.05. The molecule has 0 aliphatic rings. The van der Waals surface area contributed by atoms with Crippen LogP contribution in [0.2, 0.25) is 0 Å². The number of nitrogens with zero attached hydrogens (tertiary/aromatic N) is 4. The van der Waals surface area contributed by atoms with Crippen LogP contribution < -0.4 is 4.74 Å². The average Bonchev–Trinajstić information content (AvgIpc) is 2.95. The van der Waals surface area contributed by atoms with Gasteiger partial charge in [0.1, 0.15) is 5.75 Å². The first kappa shape index (κ1) is 15.6. The maximum absolute atomic E-state index is 11.8. The van der Waals surface area contributed by atoms with Gasteiger partial charge in [-0.15, -0.1) is 10.2 Å². The number of methoxy groups -OCH3 is 1. The van der Waals surface area contributed by atoms with Crippen LogP contribution in [-0.4, -0.2) is 52.4 Å². The van der Waals surface area contributed by atoms with Crippen LogP contribution in [0.25, 0.3) is 16.6 Å². The molecule has 120 valence electrons. The molecule has 6 nitrogen and oxygen atoms in total. The van der Waals surface area contributed by atoms with Crippen molar-refractivity contribution in [2.75, 3.05) is 27.0 Å². The number of hydrogen-bond acceptors (Lipinski definition) is 5. The molecule has 3 aromatic rings. The quantitative estimate of drug-likeness (QED) is 0.688. The molecular formula is C16H18N4O2S. The Morgan fingerprint density at radius 3 is 2.78 bits per heavy atom. The number of carbonyl (C=O) groups is 1. The summed E-state index contributed by atoms with van der Waals surface area (Å²) in [6.07, 6.45) is 0. The van der Waals surface area contributed by atoms with E-state index >= 15 is 0 Å². The van der Waals surface area contributed by atoms with Gasteiger partial charge in [-0.3, -0.25) is 9.20 Å². The van der Waals surface area contributed by atoms with Crippen molar-refractivity contribution >= 4 is 34.2 Å². The van der Waals surface area contributed by atoms with Crippen LogP contribution in [0, 0.1) is 6.92 Å². The molecule has 7 heteroatoms. The van der Waals surface area contributed by atoms with Crippen molar-refractivity contribution in [2.45, 2.75) is 12.1 Å². The number of benzene rings is 1. The van der Waals surface area contributed by atoms with E-state index in [0.29, 0.717) is 10.9 Å². The zero-order valence-electron chi connectivity index (χ0n) is 13.5. The number of carbonyl (C=O) groups excluding carboxylic acids is 1. The number of rotatable bonds is 4. The zero-order valence-corrected chi connectivity index (χ0v) is 14.3. The normalized spacial score (nSPS) is 11.1. The van der Waals surface area contributed by atoms with Gasteiger partial charge in [0.15, 0.2) is 10.8 Å². The zero-order chi connectivity index (χ0) is 16.6. The van der Waals surface area contributed by atoms with Crippen molar-refractivity contribution < 1.29 is 9.53 Å². The average molecular weight is 330 g/mol. The van der Waals surface area contributed by atoms with E-state index in [0.717, 1.165) is 27.9 Å². The van der Waals surface area contributed by atoms with E-state index < -0.39 is 0 Å². The summed E-state index contributed by atoms with van der Waals surface area (Å²) in [5.74, 6) is 1.15. The number of ether oxygens (including phenoxy) is 1. The first-order valence-electron chi connectivity index (χ1n) is 7.16. The third-order valence-electron chi connectivity index (χ3n) is 3.70. The van der Waals surface area contributed by atoms with Crippen LogP contribution in [0.4, 0.5) is 0 Å². The number of thioether (sulfide) groups is 1. The summed E-state index contributed by atoms with van der Waals surface area (Å²) in [4.78, 5) is 13.4. The van der Waals surface area contributed by atoms with Crippen molar-refractivity contribution in [1.82, 2.24) is 19.5 Å². The molecule has 0 unspecified atom stereocenters. The topological polar surface area (TPSA) is 59.7 Å². The summed E-state index contributed by atoms with van der Waals surface area (Å²) in [6, 6.07) is 7.94. The van der Waals surface area contributed by atoms with E-state index in [9.17, 15) is 4.79 Å². The van der Waals surface area contributed by atoms with Gasteiger partial charge in [-0.1, -0.05) is 11.8 Å². The Morgan fingerprint density at radius 1 is 1.30 bits per heavy atom. The van der Waals surface area contributed by atoms with Crippen molar-refractivity contribution in [3.8, 4) is 5.75 Å². The molecule has 2 heterocycles. The molecule has 0 atom stereocenters. The van der Waals surface area contributed by atoms with Crippen LogP contribution in [0.1, 0.15) is 5.56 Å². The fourth-order valence-electron chi connectivity index (χ4n) is 2.38. The second-order valence-electron chi connectivity index (χ2n) is 5.46. The number of pyridine rings is 1. The van der Waals surface area contributed by atoms with Gasteiger partial charge in [0.2, 0.25) is 5.91 Å². The Kier molecular flexibility index (Phi) is 4.12. The number of fused-ring (bicyclic) bond motifs is 3. The van der Waals surface area contributed by atoms with E-state index in [-0.39, 0.29) is 5.91 Å². The Morgan fingerprint density at radius 2 is 2.09 bits per heavy atom. The van der Waals surface area contributed by atoms with Gasteiger partial charge < -0.3 is 9.64 Å². The molecule has 3 rings (SSSR count). The van der Waals surface area contributed by atoms with Gasteiger partial charge >= 0.3 is 0 Å². The predicted octanol–water partition coefficient (Wildman–Crippen LogP) is 2.38. The van der Waals surface area contributed by atoms with Crippen LogP contribution >= 0.6 is 11.8 Å². The molecule has 1 aromatic carbocycles. The third-order valence-corrected chi connectivity index (χ3v) is 4.61. The van der Waals surface area contributed by atoms with Gasteiger partial charge in [0.05, 0.1) is 18.4 Å². The molecular weight excluding hydrogens is 312 g/mol. The SMILES string of the molecule is COc1ccc2c(C)cc3nnc(SCC(=O)N(C)C)n3c2c1. The van der Waals surface area contributed by atoms with Crippen molar-refractivity contribution in [1.29, 1.82) is 0 Å². The van der Waals surface area contributed by atoms with E-state index in [1.54, 1.807) is 26.1 Å². The fraction of sp³-hybridized carbons (Fsp3) is 0.312. The minimum atomic E-state index is 0.0424. The second-order valence-corrected chi connectivity index (χ2v) is 6.41. The van der Waals surface area contributed by atoms with Gasteiger partial charge in [0.25, 0.3) is 0 Å². The molecule has 0 saturated heterocycles. The summed E-state index contributed by atoms with van der Waals surface area (Å²) in [5.41, 5.74) is 2.87. The van der Waals surface area contributed by atoms with Gasteiger partial charge in [-0.05, 0) is 30.7 Å². The summed E-state index contributed by atoms with van der Waals surface area (Å²) >= 11 is 1.38.